The molecule has 0 bridgehead atoms. The van der Waals surface area contributed by atoms with Gasteiger partial charge in [-0.15, -0.1) is 0 Å². The third-order valence-corrected chi connectivity index (χ3v) is 4.18. The largest absolute Gasteiger partial charge is 0.458 e. The Morgan fingerprint density at radius 2 is 1.52 bits per heavy atom. The van der Waals surface area contributed by atoms with E-state index in [1.165, 1.54) is 0 Å². The molecule has 5 nitrogen and oxygen atoms in total. The number of carbonyl (C=O) groups excluding carboxylic acids is 3. The molecule has 0 atom stereocenters. The van der Waals surface area contributed by atoms with Gasteiger partial charge in [0.05, 0.1) is 0 Å². The van der Waals surface area contributed by atoms with Crippen LogP contribution in [-0.4, -0.2) is 17.7 Å². The summed E-state index contributed by atoms with van der Waals surface area (Å²) < 4.78 is 10.3. The second-order valence-electron chi connectivity index (χ2n) is 6.63. The van der Waals surface area contributed by atoms with Crippen molar-refractivity contribution in [3.63, 3.8) is 0 Å². The Morgan fingerprint density at radius 3 is 2.10 bits per heavy atom. The molecule has 0 N–H and O–H groups in total. The van der Waals surface area contributed by atoms with Gasteiger partial charge >= 0.3 is 11.9 Å². The molecule has 2 aromatic carbocycles. The first-order valence-corrected chi connectivity index (χ1v) is 9.22. The minimum atomic E-state index is -0.490. The summed E-state index contributed by atoms with van der Waals surface area (Å²) in [6.45, 7) is 8.82. The molecule has 0 aromatic heterocycles. The van der Waals surface area contributed by atoms with Crippen molar-refractivity contribution in [1.82, 2.24) is 0 Å². The number of aryl methyl sites for hydroxylation is 1. The van der Waals surface area contributed by atoms with Crippen LogP contribution in [0.15, 0.2) is 73.3 Å². The molecule has 0 aliphatic rings. The van der Waals surface area contributed by atoms with Crippen LogP contribution in [0.3, 0.4) is 0 Å². The molecule has 2 rings (SSSR count). The van der Waals surface area contributed by atoms with Crippen LogP contribution in [0, 0.1) is 0 Å². The molecule has 5 heteroatoms. The van der Waals surface area contributed by atoms with Gasteiger partial charge in [-0.1, -0.05) is 49.6 Å². The van der Waals surface area contributed by atoms with Crippen molar-refractivity contribution in [2.45, 2.75) is 32.8 Å². The normalized spacial score (nSPS) is 10.1. The number of allylic oxidation sites excluding steroid dienone is 1. The van der Waals surface area contributed by atoms with Gasteiger partial charge in [0.25, 0.3) is 0 Å². The van der Waals surface area contributed by atoms with Gasteiger partial charge in [-0.3, -0.25) is 9.59 Å². The zero-order valence-corrected chi connectivity index (χ0v) is 16.5. The predicted molar refractivity (Wildman–Crippen MR) is 110 cm³/mol. The fourth-order valence-electron chi connectivity index (χ4n) is 2.46. The molecule has 0 heterocycles. The first-order valence-electron chi connectivity index (χ1n) is 9.22. The molecule has 2 aromatic rings. The smallest absolute Gasteiger partial charge is 0.330 e. The highest BCUT2D eigenvalue weighted by Gasteiger charge is 2.08. The number of hydrogen-bond donors (Lipinski definition) is 0. The summed E-state index contributed by atoms with van der Waals surface area (Å²) in [5.41, 5.74) is 3.24. The highest BCUT2D eigenvalue weighted by Crippen LogP contribution is 2.15. The van der Waals surface area contributed by atoms with E-state index in [2.05, 4.69) is 13.2 Å². The molecule has 0 amide bonds. The van der Waals surface area contributed by atoms with Gasteiger partial charge in [0.1, 0.15) is 12.4 Å². The van der Waals surface area contributed by atoms with E-state index in [4.69, 9.17) is 9.47 Å². The van der Waals surface area contributed by atoms with E-state index < -0.39 is 5.97 Å². The molecule has 0 saturated heterocycles. The molecule has 0 saturated carbocycles. The molecule has 0 unspecified atom stereocenters. The van der Waals surface area contributed by atoms with Crippen LogP contribution in [0.5, 0.6) is 5.75 Å². The second-order valence-corrected chi connectivity index (χ2v) is 6.63. The summed E-state index contributed by atoms with van der Waals surface area (Å²) in [4.78, 5) is 34.8. The fourth-order valence-corrected chi connectivity index (χ4v) is 2.46. The van der Waals surface area contributed by atoms with Crippen LogP contribution in [0.1, 0.15) is 30.0 Å². The van der Waals surface area contributed by atoms with Crippen LogP contribution in [0.2, 0.25) is 0 Å². The quantitative estimate of drug-likeness (QED) is 0.345. The molecular formula is C24H24O5. The number of benzene rings is 2. The summed E-state index contributed by atoms with van der Waals surface area (Å²) in [6, 6.07) is 14.4. The molecule has 29 heavy (non-hydrogen) atoms. The first kappa shape index (κ1) is 21.8. The van der Waals surface area contributed by atoms with E-state index in [1.807, 2.05) is 24.3 Å². The Labute approximate surface area is 170 Å². The first-order chi connectivity index (χ1) is 13.9. The van der Waals surface area contributed by atoms with Crippen molar-refractivity contribution in [1.29, 1.82) is 0 Å². The maximum absolute atomic E-state index is 12.1. The number of esters is 2. The molecular weight excluding hydrogens is 368 g/mol. The summed E-state index contributed by atoms with van der Waals surface area (Å²) in [5, 5.41) is 0. The Bertz CT molecular complexity index is 892. The lowest BCUT2D eigenvalue weighted by Gasteiger charge is -2.07. The zero-order valence-electron chi connectivity index (χ0n) is 16.5. The maximum Gasteiger partial charge on any atom is 0.330 e. The molecule has 0 spiro atoms. The van der Waals surface area contributed by atoms with E-state index in [0.29, 0.717) is 24.2 Å². The maximum atomic E-state index is 12.1. The Balaban J connectivity index is 1.79. The summed E-state index contributed by atoms with van der Waals surface area (Å²) in [7, 11) is 0. The average Bonchev–Trinajstić information content (AvgIpc) is 2.72. The second kappa shape index (κ2) is 10.8. The van der Waals surface area contributed by atoms with Gasteiger partial charge < -0.3 is 9.47 Å². The van der Waals surface area contributed by atoms with Gasteiger partial charge in [-0.05, 0) is 47.7 Å². The van der Waals surface area contributed by atoms with Crippen molar-refractivity contribution in [2.75, 3.05) is 0 Å². The number of ketones is 1. The van der Waals surface area contributed by atoms with Crippen LogP contribution in [0.4, 0.5) is 0 Å². The highest BCUT2D eigenvalue weighted by molar-refractivity contribution is 5.95. The minimum absolute atomic E-state index is 0.0196. The standard InChI is InChI=1S/C24H24O5/c1-4-23(26)28-16-20-9-12-21(13-10-20)29-24(27)14-11-18-5-7-19(8-6-18)15-22(25)17(2)3/h4-10,12-13H,1-2,11,14-16H2,3H3. The highest BCUT2D eigenvalue weighted by atomic mass is 16.5. The van der Waals surface area contributed by atoms with E-state index >= 15 is 0 Å². The number of rotatable bonds is 10. The lowest BCUT2D eigenvalue weighted by Crippen LogP contribution is -2.09. The van der Waals surface area contributed by atoms with Crippen molar-refractivity contribution in [3.8, 4) is 5.75 Å². The summed E-state index contributed by atoms with van der Waals surface area (Å²) in [6.07, 6.45) is 2.22. The topological polar surface area (TPSA) is 69.7 Å². The fraction of sp³-hybridized carbons (Fsp3) is 0.208. The van der Waals surface area contributed by atoms with Crippen LogP contribution in [0.25, 0.3) is 0 Å². The van der Waals surface area contributed by atoms with Crippen molar-refractivity contribution >= 4 is 17.7 Å². The predicted octanol–water partition coefficient (Wildman–Crippen LogP) is 4.14. The van der Waals surface area contributed by atoms with Gasteiger partial charge in [-0.2, -0.15) is 0 Å². The Kier molecular flexibility index (Phi) is 8.10. The Hall–Kier alpha value is -3.47. The van der Waals surface area contributed by atoms with Gasteiger partial charge in [0.2, 0.25) is 0 Å². The zero-order chi connectivity index (χ0) is 21.2. The number of carbonyl (C=O) groups is 3. The molecule has 150 valence electrons. The minimum Gasteiger partial charge on any atom is -0.458 e. The van der Waals surface area contributed by atoms with Gasteiger partial charge in [-0.25, -0.2) is 4.79 Å². The van der Waals surface area contributed by atoms with Crippen molar-refractivity contribution in [3.05, 3.63) is 90.0 Å². The molecule has 0 aliphatic carbocycles. The summed E-state index contributed by atoms with van der Waals surface area (Å²) in [5.74, 6) is -0.373. The van der Waals surface area contributed by atoms with Crippen LogP contribution >= 0.6 is 0 Å². The van der Waals surface area contributed by atoms with Crippen LogP contribution < -0.4 is 4.74 Å². The van der Waals surface area contributed by atoms with Gasteiger partial charge in [0.15, 0.2) is 5.78 Å². The SMILES string of the molecule is C=CC(=O)OCc1ccc(OC(=O)CCc2ccc(CC(=O)C(=C)C)cc2)cc1. The molecule has 0 radical (unpaired) electrons. The van der Waals surface area contributed by atoms with E-state index in [1.54, 1.807) is 31.2 Å². The van der Waals surface area contributed by atoms with E-state index in [-0.39, 0.29) is 24.8 Å². The number of ether oxygens (including phenoxy) is 2. The number of Topliss-reactive ketones (excluding diaryl/α,β-unsaturated/α-hetero) is 1. The van der Waals surface area contributed by atoms with E-state index in [9.17, 15) is 14.4 Å². The van der Waals surface area contributed by atoms with Gasteiger partial charge in [0, 0.05) is 18.9 Å². The third-order valence-electron chi connectivity index (χ3n) is 4.18. The van der Waals surface area contributed by atoms with E-state index in [0.717, 1.165) is 22.8 Å². The van der Waals surface area contributed by atoms with Crippen LogP contribution in [-0.2, 0) is 38.6 Å². The monoisotopic (exact) mass is 392 g/mol. The third kappa shape index (κ3) is 7.58. The lowest BCUT2D eigenvalue weighted by molar-refractivity contribution is -0.139. The molecule has 0 fully saturated rings. The lowest BCUT2D eigenvalue weighted by atomic mass is 10.0. The average molecular weight is 392 g/mol. The summed E-state index contributed by atoms with van der Waals surface area (Å²) >= 11 is 0. The number of hydrogen-bond acceptors (Lipinski definition) is 5. The Morgan fingerprint density at radius 1 is 0.931 bits per heavy atom. The van der Waals surface area contributed by atoms with Crippen molar-refractivity contribution in [2.24, 2.45) is 0 Å². The van der Waals surface area contributed by atoms with Crippen molar-refractivity contribution < 1.29 is 23.9 Å². The molecule has 0 aliphatic heterocycles.